The van der Waals surface area contributed by atoms with Crippen LogP contribution in [0.25, 0.3) is 0 Å². The monoisotopic (exact) mass is 397 g/mol. The number of phenolic OH excluding ortho intramolecular Hbond substituents is 1. The standard InChI is InChI=1S/C23H27NO5/c1-4-17(14-22(26)18-8-10-20(11-9-18)24(28)29)6-5-7-21(25)19-12-15(2)23(27)16(3)13-19/h5,8-13,21-22,25-27H,4,7,14H2,1-3H3/t6?,21-,22-/m1/s1. The summed E-state index contributed by atoms with van der Waals surface area (Å²) in [5.41, 5.74) is 6.82. The van der Waals surface area contributed by atoms with Gasteiger partial charge in [-0.25, -0.2) is 0 Å². The number of aryl methyl sites for hydroxylation is 2. The lowest BCUT2D eigenvalue weighted by Crippen LogP contribution is -1.99. The fraction of sp³-hybridized carbons (Fsp3) is 0.348. The van der Waals surface area contributed by atoms with Crippen molar-refractivity contribution in [3.8, 4) is 5.75 Å². The zero-order chi connectivity index (χ0) is 21.6. The highest BCUT2D eigenvalue weighted by atomic mass is 16.6. The summed E-state index contributed by atoms with van der Waals surface area (Å²) in [6, 6.07) is 9.40. The van der Waals surface area contributed by atoms with Gasteiger partial charge in [-0.1, -0.05) is 6.92 Å². The molecule has 2 aromatic carbocycles. The predicted octanol–water partition coefficient (Wildman–Crippen LogP) is 4.96. The first kappa shape index (κ1) is 22.4. The Balaban J connectivity index is 2.06. The summed E-state index contributed by atoms with van der Waals surface area (Å²) in [7, 11) is 0. The minimum atomic E-state index is -0.779. The summed E-state index contributed by atoms with van der Waals surface area (Å²) in [5, 5.41) is 41.4. The fourth-order valence-corrected chi connectivity index (χ4v) is 3.11. The van der Waals surface area contributed by atoms with Gasteiger partial charge in [0.05, 0.1) is 17.1 Å². The van der Waals surface area contributed by atoms with Crippen LogP contribution in [0.3, 0.4) is 0 Å². The molecule has 29 heavy (non-hydrogen) atoms. The van der Waals surface area contributed by atoms with Gasteiger partial charge in [0.15, 0.2) is 0 Å². The number of nitrogens with zero attached hydrogens (tertiary/aromatic N) is 1. The topological polar surface area (TPSA) is 104 Å². The molecule has 0 aliphatic carbocycles. The quantitative estimate of drug-likeness (QED) is 0.332. The molecule has 6 nitrogen and oxygen atoms in total. The van der Waals surface area contributed by atoms with Gasteiger partial charge in [-0.05, 0) is 78.4 Å². The van der Waals surface area contributed by atoms with Gasteiger partial charge >= 0.3 is 0 Å². The number of nitro benzene ring substituents is 1. The number of phenols is 1. The molecule has 0 heterocycles. The molecular formula is C23H27NO5. The maximum absolute atomic E-state index is 10.7. The van der Waals surface area contributed by atoms with E-state index in [9.17, 15) is 25.4 Å². The van der Waals surface area contributed by atoms with Crippen molar-refractivity contribution in [3.63, 3.8) is 0 Å². The third-order valence-corrected chi connectivity index (χ3v) is 4.90. The Kier molecular flexibility index (Phi) is 7.74. The average molecular weight is 397 g/mol. The lowest BCUT2D eigenvalue weighted by molar-refractivity contribution is -0.384. The third-order valence-electron chi connectivity index (χ3n) is 4.90. The molecule has 0 aromatic heterocycles. The lowest BCUT2D eigenvalue weighted by atomic mass is 9.99. The second-order valence-corrected chi connectivity index (χ2v) is 7.13. The molecule has 0 aliphatic heterocycles. The first-order valence-corrected chi connectivity index (χ1v) is 9.56. The molecular weight excluding hydrogens is 370 g/mol. The summed E-state index contributed by atoms with van der Waals surface area (Å²) in [4.78, 5) is 10.3. The first-order chi connectivity index (χ1) is 13.7. The molecule has 0 spiro atoms. The van der Waals surface area contributed by atoms with Gasteiger partial charge in [-0.3, -0.25) is 10.1 Å². The van der Waals surface area contributed by atoms with Crippen LogP contribution in [0, 0.1) is 24.0 Å². The zero-order valence-electron chi connectivity index (χ0n) is 16.9. The van der Waals surface area contributed by atoms with Gasteiger partial charge in [-0.2, -0.15) is 0 Å². The molecule has 0 fully saturated rings. The molecule has 2 aromatic rings. The molecule has 0 saturated carbocycles. The van der Waals surface area contributed by atoms with Crippen molar-refractivity contribution in [2.45, 2.75) is 52.2 Å². The van der Waals surface area contributed by atoms with Crippen molar-refractivity contribution >= 4 is 5.69 Å². The van der Waals surface area contributed by atoms with Crippen molar-refractivity contribution in [2.24, 2.45) is 0 Å². The van der Waals surface area contributed by atoms with Crippen LogP contribution in [0.4, 0.5) is 5.69 Å². The molecule has 0 saturated heterocycles. The first-order valence-electron chi connectivity index (χ1n) is 9.56. The van der Waals surface area contributed by atoms with Crippen LogP contribution in [0.5, 0.6) is 5.75 Å². The van der Waals surface area contributed by atoms with Gasteiger partial charge in [-0.15, -0.1) is 5.73 Å². The van der Waals surface area contributed by atoms with Gasteiger partial charge in [0.1, 0.15) is 5.75 Å². The average Bonchev–Trinajstić information content (AvgIpc) is 2.70. The highest BCUT2D eigenvalue weighted by molar-refractivity contribution is 5.43. The van der Waals surface area contributed by atoms with Crippen LogP contribution >= 0.6 is 0 Å². The van der Waals surface area contributed by atoms with Crippen LogP contribution in [-0.2, 0) is 0 Å². The normalized spacial score (nSPS) is 12.7. The number of benzene rings is 2. The maximum Gasteiger partial charge on any atom is 0.269 e. The van der Waals surface area contributed by atoms with Crippen LogP contribution in [0.1, 0.15) is 60.6 Å². The number of rotatable bonds is 8. The number of aromatic hydroxyl groups is 1. The fourth-order valence-electron chi connectivity index (χ4n) is 3.11. The molecule has 2 rings (SSSR count). The van der Waals surface area contributed by atoms with E-state index in [1.54, 1.807) is 44.2 Å². The summed E-state index contributed by atoms with van der Waals surface area (Å²) < 4.78 is 0. The number of aliphatic hydroxyl groups is 2. The third kappa shape index (κ3) is 6.03. The van der Waals surface area contributed by atoms with E-state index in [0.717, 1.165) is 22.3 Å². The summed E-state index contributed by atoms with van der Waals surface area (Å²) >= 11 is 0. The lowest BCUT2D eigenvalue weighted by Gasteiger charge is -2.13. The van der Waals surface area contributed by atoms with Crippen LogP contribution in [0.2, 0.25) is 0 Å². The van der Waals surface area contributed by atoms with Crippen molar-refractivity contribution in [1.29, 1.82) is 0 Å². The Morgan fingerprint density at radius 3 is 2.21 bits per heavy atom. The number of hydrogen-bond acceptors (Lipinski definition) is 5. The molecule has 0 amide bonds. The Labute approximate surface area is 170 Å². The van der Waals surface area contributed by atoms with E-state index >= 15 is 0 Å². The summed E-state index contributed by atoms with van der Waals surface area (Å²) in [6.45, 7) is 5.55. The Hall–Kier alpha value is -2.92. The molecule has 154 valence electrons. The molecule has 6 heteroatoms. The molecule has 2 atom stereocenters. The maximum atomic E-state index is 10.7. The minimum absolute atomic E-state index is 0.0132. The van der Waals surface area contributed by atoms with E-state index in [4.69, 9.17) is 0 Å². The van der Waals surface area contributed by atoms with Crippen LogP contribution in [-0.4, -0.2) is 20.2 Å². The van der Waals surface area contributed by atoms with Gasteiger partial charge in [0.2, 0.25) is 0 Å². The Morgan fingerprint density at radius 2 is 1.69 bits per heavy atom. The van der Waals surface area contributed by atoms with E-state index in [2.05, 4.69) is 5.73 Å². The van der Waals surface area contributed by atoms with Crippen molar-refractivity contribution in [3.05, 3.63) is 86.1 Å². The number of nitro groups is 1. The summed E-state index contributed by atoms with van der Waals surface area (Å²) in [5.74, 6) is 0.241. The predicted molar refractivity (Wildman–Crippen MR) is 112 cm³/mol. The molecule has 3 N–H and O–H groups in total. The Morgan fingerprint density at radius 1 is 1.10 bits per heavy atom. The zero-order valence-corrected chi connectivity index (χ0v) is 16.9. The second-order valence-electron chi connectivity index (χ2n) is 7.13. The van der Waals surface area contributed by atoms with Crippen LogP contribution < -0.4 is 0 Å². The van der Waals surface area contributed by atoms with Crippen molar-refractivity contribution < 1.29 is 20.2 Å². The minimum Gasteiger partial charge on any atom is -0.507 e. The van der Waals surface area contributed by atoms with E-state index in [1.807, 2.05) is 6.92 Å². The van der Waals surface area contributed by atoms with Gasteiger partial charge in [0.25, 0.3) is 5.69 Å². The van der Waals surface area contributed by atoms with Crippen molar-refractivity contribution in [1.82, 2.24) is 0 Å². The van der Waals surface area contributed by atoms with E-state index in [1.165, 1.54) is 12.1 Å². The van der Waals surface area contributed by atoms with Gasteiger partial charge in [0, 0.05) is 25.0 Å². The van der Waals surface area contributed by atoms with Crippen LogP contribution in [0.15, 0.2) is 53.8 Å². The van der Waals surface area contributed by atoms with Gasteiger partial charge < -0.3 is 15.3 Å². The summed E-state index contributed by atoms with van der Waals surface area (Å²) in [6.07, 6.45) is 1.67. The van der Waals surface area contributed by atoms with E-state index in [-0.39, 0.29) is 11.4 Å². The smallest absolute Gasteiger partial charge is 0.269 e. The molecule has 0 bridgehead atoms. The van der Waals surface area contributed by atoms with E-state index < -0.39 is 17.1 Å². The number of aliphatic hydroxyl groups excluding tert-OH is 2. The second kappa shape index (κ2) is 10.0. The highest BCUT2D eigenvalue weighted by Crippen LogP contribution is 2.28. The molecule has 0 unspecified atom stereocenters. The number of non-ortho nitro benzene ring substituents is 1. The number of hydrogen-bond donors (Lipinski definition) is 3. The SMILES string of the molecule is CCC(=C=CC[C@@H](O)c1cc(C)c(O)c(C)c1)C[C@@H](O)c1ccc([N+](=O)[O-])cc1. The Bertz CT molecular complexity index is 904. The van der Waals surface area contributed by atoms with Crippen molar-refractivity contribution in [2.75, 3.05) is 0 Å². The molecule has 0 aliphatic rings. The van der Waals surface area contributed by atoms with E-state index in [0.29, 0.717) is 24.8 Å². The molecule has 0 radical (unpaired) electrons. The largest absolute Gasteiger partial charge is 0.507 e. The highest BCUT2D eigenvalue weighted by Gasteiger charge is 2.13.